The number of carbonyl (C=O) groups is 2. The standard InChI is InChI=1S/C38H38F3N3O6S/c1-24-32(23-51-33-12-2-3-18-44(33)48)49-36(50-34(24)27-15-13-25(22-45)14-16-27)30-10-5-9-29(20-30)28-8-4-7-26(19-28)21-42-35(46)31-11-6-17-43(31)37(47)38(39,40)41/h2-5,7-10,12-16,18-20,24,31-32,34,36,45H,6,11,17,21-23H2,1H3,(H,42,46)/t24-,31+,32+,34+,36+/m1/s1. The summed E-state index contributed by atoms with van der Waals surface area (Å²) in [5, 5.41) is 25.2. The van der Waals surface area contributed by atoms with Gasteiger partial charge < -0.3 is 30.0 Å². The lowest BCUT2D eigenvalue weighted by atomic mass is 9.91. The average Bonchev–Trinajstić information content (AvgIpc) is 3.64. The summed E-state index contributed by atoms with van der Waals surface area (Å²) in [7, 11) is 0. The Balaban J connectivity index is 1.19. The Morgan fingerprint density at radius 2 is 1.71 bits per heavy atom. The zero-order valence-electron chi connectivity index (χ0n) is 27.8. The van der Waals surface area contributed by atoms with Gasteiger partial charge >= 0.3 is 12.1 Å². The third-order valence-corrected chi connectivity index (χ3v) is 10.4. The second-order valence-corrected chi connectivity index (χ2v) is 13.7. The fourth-order valence-corrected chi connectivity index (χ4v) is 7.56. The number of pyridine rings is 1. The first-order valence-electron chi connectivity index (χ1n) is 16.7. The molecule has 2 aliphatic heterocycles. The Morgan fingerprint density at radius 1 is 0.961 bits per heavy atom. The van der Waals surface area contributed by atoms with Crippen LogP contribution in [0.25, 0.3) is 11.1 Å². The summed E-state index contributed by atoms with van der Waals surface area (Å²) in [4.78, 5) is 25.3. The number of likely N-dealkylation sites (tertiary alicyclic amines) is 1. The number of hydrogen-bond donors (Lipinski definition) is 2. The number of halogens is 3. The number of carbonyl (C=O) groups excluding carboxylic acids is 2. The first-order valence-corrected chi connectivity index (χ1v) is 17.7. The highest BCUT2D eigenvalue weighted by Crippen LogP contribution is 2.43. The van der Waals surface area contributed by atoms with E-state index in [0.29, 0.717) is 22.1 Å². The topological polar surface area (TPSA) is 115 Å². The molecule has 51 heavy (non-hydrogen) atoms. The second kappa shape index (κ2) is 15.9. The van der Waals surface area contributed by atoms with Crippen LogP contribution in [0.3, 0.4) is 0 Å². The molecule has 0 aliphatic carbocycles. The Morgan fingerprint density at radius 3 is 2.43 bits per heavy atom. The first kappa shape index (κ1) is 36.4. The van der Waals surface area contributed by atoms with Crippen molar-refractivity contribution in [1.82, 2.24) is 10.2 Å². The molecule has 1 aromatic heterocycles. The summed E-state index contributed by atoms with van der Waals surface area (Å²) in [5.74, 6) is -2.18. The number of hydrogen-bond acceptors (Lipinski definition) is 7. The molecular formula is C38H38F3N3O6S. The van der Waals surface area contributed by atoms with Crippen molar-refractivity contribution in [3.63, 3.8) is 0 Å². The number of aliphatic hydroxyl groups is 1. The summed E-state index contributed by atoms with van der Waals surface area (Å²) in [6.07, 6.45) is -4.44. The van der Waals surface area contributed by atoms with Gasteiger partial charge in [-0.1, -0.05) is 79.3 Å². The molecule has 3 aromatic carbocycles. The Hall–Kier alpha value is -4.43. The van der Waals surface area contributed by atoms with Crippen LogP contribution < -0.4 is 10.0 Å². The molecule has 0 bridgehead atoms. The maximum atomic E-state index is 13.1. The first-order chi connectivity index (χ1) is 24.5. The van der Waals surface area contributed by atoms with Crippen molar-refractivity contribution in [1.29, 1.82) is 0 Å². The van der Waals surface area contributed by atoms with Crippen LogP contribution in [0.5, 0.6) is 0 Å². The van der Waals surface area contributed by atoms with Crippen molar-refractivity contribution in [2.75, 3.05) is 12.3 Å². The molecule has 2 amide bonds. The predicted molar refractivity (Wildman–Crippen MR) is 184 cm³/mol. The fraction of sp³-hybridized carbons (Fsp3) is 0.342. The van der Waals surface area contributed by atoms with Gasteiger partial charge in [0.15, 0.2) is 12.5 Å². The van der Waals surface area contributed by atoms with Crippen LogP contribution in [0.1, 0.15) is 54.4 Å². The Kier molecular flexibility index (Phi) is 11.3. The smallest absolute Gasteiger partial charge is 0.471 e. The third kappa shape index (κ3) is 8.55. The SMILES string of the molecule is C[C@@H]1[C@H](CSc2cccc[n+]2[O-])O[C@H](c2cccc(-c3cccc(CNC(=O)[C@@H]4CCCN4C(=O)C(F)(F)F)c3)c2)O[C@@H]1c1ccc(CO)cc1. The van der Waals surface area contributed by atoms with Gasteiger partial charge in [-0.3, -0.25) is 9.59 Å². The van der Waals surface area contributed by atoms with Gasteiger partial charge in [-0.15, -0.1) is 0 Å². The zero-order valence-corrected chi connectivity index (χ0v) is 28.6. The number of amides is 2. The highest BCUT2D eigenvalue weighted by Gasteiger charge is 2.47. The molecule has 0 unspecified atom stereocenters. The lowest BCUT2D eigenvalue weighted by Crippen LogP contribution is -2.50. The summed E-state index contributed by atoms with van der Waals surface area (Å²) < 4.78 is 53.2. The molecule has 2 aliphatic rings. The van der Waals surface area contributed by atoms with Crippen molar-refractivity contribution >= 4 is 23.6 Å². The van der Waals surface area contributed by atoms with Gasteiger partial charge in [-0.2, -0.15) is 17.9 Å². The predicted octanol–water partition coefficient (Wildman–Crippen LogP) is 6.23. The molecule has 2 saturated heterocycles. The normalized spacial score (nSPS) is 22.1. The van der Waals surface area contributed by atoms with E-state index in [2.05, 4.69) is 12.2 Å². The molecular weight excluding hydrogens is 683 g/mol. The van der Waals surface area contributed by atoms with Crippen LogP contribution in [-0.4, -0.2) is 52.4 Å². The molecule has 2 N–H and O–H groups in total. The van der Waals surface area contributed by atoms with E-state index in [-0.39, 0.29) is 44.2 Å². The van der Waals surface area contributed by atoms with E-state index in [1.165, 1.54) is 18.0 Å². The monoisotopic (exact) mass is 721 g/mol. The van der Waals surface area contributed by atoms with Crippen LogP contribution in [0.4, 0.5) is 13.2 Å². The maximum Gasteiger partial charge on any atom is 0.471 e. The van der Waals surface area contributed by atoms with Crippen LogP contribution >= 0.6 is 11.8 Å². The summed E-state index contributed by atoms with van der Waals surface area (Å²) >= 11 is 1.41. The average molecular weight is 722 g/mol. The molecule has 0 radical (unpaired) electrons. The molecule has 4 aromatic rings. The minimum atomic E-state index is -5.03. The van der Waals surface area contributed by atoms with E-state index in [1.54, 1.807) is 12.1 Å². The lowest BCUT2D eigenvalue weighted by Gasteiger charge is -2.41. The van der Waals surface area contributed by atoms with Gasteiger partial charge in [-0.25, -0.2) is 0 Å². The van der Waals surface area contributed by atoms with E-state index < -0.39 is 30.3 Å². The van der Waals surface area contributed by atoms with Crippen LogP contribution in [0.2, 0.25) is 0 Å². The minimum absolute atomic E-state index is 0.0684. The largest absolute Gasteiger partial charge is 0.618 e. The van der Waals surface area contributed by atoms with E-state index in [4.69, 9.17) is 9.47 Å². The van der Waals surface area contributed by atoms with Crippen LogP contribution in [0, 0.1) is 11.1 Å². The number of nitrogens with zero attached hydrogens (tertiary/aromatic N) is 2. The van der Waals surface area contributed by atoms with Gasteiger partial charge in [-0.05, 0) is 58.9 Å². The zero-order chi connectivity index (χ0) is 36.1. The molecule has 6 rings (SSSR count). The van der Waals surface area contributed by atoms with Crippen LogP contribution in [0.15, 0.2) is 102 Å². The number of aromatic nitrogens is 1. The quantitative estimate of drug-likeness (QED) is 0.113. The lowest BCUT2D eigenvalue weighted by molar-refractivity contribution is -0.645. The Bertz CT molecular complexity index is 1840. The minimum Gasteiger partial charge on any atom is -0.618 e. The van der Waals surface area contributed by atoms with Gasteiger partial charge in [0.1, 0.15) is 6.04 Å². The number of thioether (sulfide) groups is 1. The van der Waals surface area contributed by atoms with Gasteiger partial charge in [0, 0.05) is 42.5 Å². The second-order valence-electron chi connectivity index (χ2n) is 12.7. The summed E-state index contributed by atoms with van der Waals surface area (Å²) in [5.41, 5.74) is 4.94. The number of alkyl halides is 3. The van der Waals surface area contributed by atoms with Crippen molar-refractivity contribution in [2.45, 2.75) is 68.7 Å². The molecule has 0 spiro atoms. The molecule has 3 heterocycles. The van der Waals surface area contributed by atoms with Gasteiger partial charge in [0.05, 0.1) is 18.8 Å². The van der Waals surface area contributed by atoms with Gasteiger partial charge in [0.2, 0.25) is 5.91 Å². The van der Waals surface area contributed by atoms with Crippen molar-refractivity contribution in [3.8, 4) is 11.1 Å². The molecule has 5 atom stereocenters. The number of rotatable bonds is 10. The van der Waals surface area contributed by atoms with E-state index in [9.17, 15) is 33.1 Å². The Labute approximate surface area is 298 Å². The fourth-order valence-electron chi connectivity index (χ4n) is 6.48. The van der Waals surface area contributed by atoms with Crippen molar-refractivity contribution in [3.05, 3.63) is 125 Å². The van der Waals surface area contributed by atoms with E-state index in [1.807, 2.05) is 78.9 Å². The van der Waals surface area contributed by atoms with E-state index >= 15 is 0 Å². The third-order valence-electron chi connectivity index (χ3n) is 9.25. The molecule has 268 valence electrons. The highest BCUT2D eigenvalue weighted by molar-refractivity contribution is 7.99. The maximum absolute atomic E-state index is 13.1. The number of nitrogens with one attached hydrogen (secondary N) is 1. The van der Waals surface area contributed by atoms with Crippen LogP contribution in [-0.2, 0) is 32.2 Å². The molecule has 9 nitrogen and oxygen atoms in total. The molecule has 13 heteroatoms. The van der Waals surface area contributed by atoms with E-state index in [0.717, 1.165) is 38.1 Å². The number of benzene rings is 3. The highest BCUT2D eigenvalue weighted by atomic mass is 32.2. The van der Waals surface area contributed by atoms with Crippen molar-refractivity contribution in [2.24, 2.45) is 5.92 Å². The number of aliphatic hydroxyl groups excluding tert-OH is 1. The van der Waals surface area contributed by atoms with Gasteiger partial charge in [0.25, 0.3) is 5.03 Å². The molecule has 2 fully saturated rings. The van der Waals surface area contributed by atoms with Crippen molar-refractivity contribution < 1.29 is 42.1 Å². The number of ether oxygens (including phenoxy) is 2. The summed E-state index contributed by atoms with van der Waals surface area (Å²) in [6.45, 7) is 1.95. The summed E-state index contributed by atoms with van der Waals surface area (Å²) in [6, 6.07) is 26.9. The molecule has 0 saturated carbocycles.